The molecule has 0 unspecified atom stereocenters. The number of unbranched alkanes of at least 4 members (excludes halogenated alkanes) is 14. The monoisotopic (exact) mass is 400 g/mol. The maximum Gasteiger partial charge on any atom is 4.00 e. The number of aliphatic carboxylic acids is 1. The van der Waals surface area contributed by atoms with Gasteiger partial charge in [-0.05, 0) is 12.8 Å². The second kappa shape index (κ2) is 26.1. The molecular formula is C18H35BNiO5. The van der Waals surface area contributed by atoms with Crippen molar-refractivity contribution in [3.8, 4) is 0 Å². The van der Waals surface area contributed by atoms with E-state index < -0.39 is 13.3 Å². The van der Waals surface area contributed by atoms with Crippen LogP contribution in [0.25, 0.3) is 0 Å². The number of hydrogen-bond donors (Lipinski definition) is 0. The van der Waals surface area contributed by atoms with Crippen molar-refractivity contribution in [3.05, 3.63) is 0 Å². The predicted octanol–water partition coefficient (Wildman–Crippen LogP) is 1.05. The van der Waals surface area contributed by atoms with Crippen LogP contribution in [0.1, 0.15) is 110 Å². The first-order chi connectivity index (χ1) is 11.5. The molecule has 0 saturated heterocycles. The normalized spacial score (nSPS) is 9.76. The molecule has 0 aliphatic rings. The molecule has 0 bridgehead atoms. The van der Waals surface area contributed by atoms with Crippen LogP contribution in [0.15, 0.2) is 0 Å². The van der Waals surface area contributed by atoms with Gasteiger partial charge in [-0.25, -0.2) is 0 Å². The molecule has 0 N–H and O–H groups in total. The van der Waals surface area contributed by atoms with E-state index in [4.69, 9.17) is 15.1 Å². The van der Waals surface area contributed by atoms with Crippen molar-refractivity contribution in [2.24, 2.45) is 0 Å². The zero-order chi connectivity index (χ0) is 18.5. The van der Waals surface area contributed by atoms with Gasteiger partial charge < -0.3 is 25.0 Å². The Hall–Kier alpha value is -0.0916. The summed E-state index contributed by atoms with van der Waals surface area (Å²) in [6.45, 7) is 2.27. The zero-order valence-electron chi connectivity index (χ0n) is 15.7. The summed E-state index contributed by atoms with van der Waals surface area (Å²) in [5.41, 5.74) is 0. The molecule has 0 aliphatic carbocycles. The Kier molecular flexibility index (Phi) is 31.0. The predicted molar refractivity (Wildman–Crippen MR) is 90.3 cm³/mol. The number of carboxylic acid groups (broad SMARTS) is 1. The molecule has 0 aliphatic heterocycles. The fourth-order valence-electron chi connectivity index (χ4n) is 2.64. The molecule has 0 amide bonds. The molecule has 0 heterocycles. The van der Waals surface area contributed by atoms with Gasteiger partial charge in [0, 0.05) is 5.97 Å². The minimum Gasteiger partial charge on any atom is -0.907 e. The average molecular weight is 401 g/mol. The molecule has 0 radical (unpaired) electrons. The van der Waals surface area contributed by atoms with Gasteiger partial charge in [0.25, 0.3) is 0 Å². The van der Waals surface area contributed by atoms with E-state index in [0.717, 1.165) is 12.8 Å². The first-order valence-electron chi connectivity index (χ1n) is 9.68. The van der Waals surface area contributed by atoms with Gasteiger partial charge in [-0.15, -0.1) is 0 Å². The summed E-state index contributed by atoms with van der Waals surface area (Å²) in [6, 6.07) is 0. The Balaban J connectivity index is -0.000000867. The third kappa shape index (κ3) is 40.1. The molecule has 150 valence electrons. The quantitative estimate of drug-likeness (QED) is 0.284. The van der Waals surface area contributed by atoms with Gasteiger partial charge in [-0.1, -0.05) is 96.8 Å². The van der Waals surface area contributed by atoms with E-state index in [1.807, 2.05) is 0 Å². The van der Waals surface area contributed by atoms with Crippen molar-refractivity contribution in [3.63, 3.8) is 0 Å². The third-order valence-corrected chi connectivity index (χ3v) is 3.98. The SMILES string of the molecule is CCCCCCCCCCCCCCCCCC(=O)[O-].[Ni+4].[O-]B([O-])[O-]. The smallest absolute Gasteiger partial charge is 0.907 e. The Labute approximate surface area is 164 Å². The molecule has 0 atom stereocenters. The number of carboxylic acids is 1. The fourth-order valence-corrected chi connectivity index (χ4v) is 2.64. The molecule has 5 nitrogen and oxygen atoms in total. The Morgan fingerprint density at radius 1 is 0.640 bits per heavy atom. The Morgan fingerprint density at radius 2 is 0.880 bits per heavy atom. The van der Waals surface area contributed by atoms with Crippen molar-refractivity contribution in [2.75, 3.05) is 0 Å². The van der Waals surface area contributed by atoms with Crippen LogP contribution < -0.4 is 20.2 Å². The molecule has 0 saturated carbocycles. The topological polar surface area (TPSA) is 109 Å². The molecule has 0 aromatic rings. The first-order valence-corrected chi connectivity index (χ1v) is 9.68. The Bertz CT molecular complexity index is 253. The second-order valence-electron chi connectivity index (χ2n) is 6.36. The minimum absolute atomic E-state index is 0. The summed E-state index contributed by atoms with van der Waals surface area (Å²) in [4.78, 5) is 10.2. The molecule has 0 spiro atoms. The maximum absolute atomic E-state index is 10.2. The summed E-state index contributed by atoms with van der Waals surface area (Å²) in [7, 11) is -2.92. The van der Waals surface area contributed by atoms with Gasteiger partial charge in [0.05, 0.1) is 0 Å². The number of rotatable bonds is 16. The summed E-state index contributed by atoms with van der Waals surface area (Å²) in [5, 5.41) is 35.5. The van der Waals surface area contributed by atoms with Gasteiger partial charge >= 0.3 is 16.5 Å². The van der Waals surface area contributed by atoms with Crippen molar-refractivity contribution in [1.29, 1.82) is 0 Å². The Morgan fingerprint density at radius 3 is 1.12 bits per heavy atom. The van der Waals surface area contributed by atoms with Crippen molar-refractivity contribution >= 4 is 13.3 Å². The van der Waals surface area contributed by atoms with E-state index in [2.05, 4.69) is 6.92 Å². The van der Waals surface area contributed by atoms with Crippen LogP contribution in [0, 0.1) is 0 Å². The summed E-state index contributed by atoms with van der Waals surface area (Å²) >= 11 is 0. The van der Waals surface area contributed by atoms with E-state index in [1.54, 1.807) is 0 Å². The zero-order valence-corrected chi connectivity index (χ0v) is 16.7. The summed E-state index contributed by atoms with van der Waals surface area (Å²) < 4.78 is 0. The number of hydrogen-bond acceptors (Lipinski definition) is 5. The molecule has 0 aromatic heterocycles. The van der Waals surface area contributed by atoms with Crippen LogP contribution in [0.5, 0.6) is 0 Å². The summed E-state index contributed by atoms with van der Waals surface area (Å²) in [6.07, 6.45) is 19.9. The first kappa shape index (κ1) is 29.7. The number of carbonyl (C=O) groups is 1. The molecular weight excluding hydrogens is 366 g/mol. The number of carbonyl (C=O) groups excluding carboxylic acids is 1. The van der Waals surface area contributed by atoms with E-state index in [-0.39, 0.29) is 22.9 Å². The van der Waals surface area contributed by atoms with Crippen LogP contribution in [0.3, 0.4) is 0 Å². The second-order valence-corrected chi connectivity index (χ2v) is 6.36. The van der Waals surface area contributed by atoms with Crippen molar-refractivity contribution in [1.82, 2.24) is 0 Å². The standard InChI is InChI=1S/C18H36O2.BO3.Ni/c1-2-3-4-5-6-7-8-9-10-11-12-13-14-15-16-17-18(19)20;2-1(3)4;/h2-17H2,1H3,(H,19,20);;/q;-3;+4/p-1. The summed E-state index contributed by atoms with van der Waals surface area (Å²) in [5.74, 6) is -0.903. The van der Waals surface area contributed by atoms with E-state index in [0.29, 0.717) is 0 Å². The van der Waals surface area contributed by atoms with Crippen LogP contribution >= 0.6 is 0 Å². The molecule has 25 heavy (non-hydrogen) atoms. The van der Waals surface area contributed by atoms with Crippen LogP contribution in [-0.4, -0.2) is 13.3 Å². The van der Waals surface area contributed by atoms with Gasteiger partial charge in [0.15, 0.2) is 0 Å². The fraction of sp³-hybridized carbons (Fsp3) is 0.944. The van der Waals surface area contributed by atoms with Gasteiger partial charge in [0.1, 0.15) is 0 Å². The molecule has 0 rings (SSSR count). The third-order valence-electron chi connectivity index (χ3n) is 3.98. The van der Waals surface area contributed by atoms with Crippen molar-refractivity contribution in [2.45, 2.75) is 110 Å². The van der Waals surface area contributed by atoms with Gasteiger partial charge in [-0.3, -0.25) is 7.32 Å². The molecule has 0 fully saturated rings. The molecule has 7 heteroatoms. The largest absolute Gasteiger partial charge is 4.00 e. The van der Waals surface area contributed by atoms with Crippen LogP contribution in [0.4, 0.5) is 0 Å². The van der Waals surface area contributed by atoms with Crippen LogP contribution in [-0.2, 0) is 21.3 Å². The van der Waals surface area contributed by atoms with E-state index in [9.17, 15) is 9.90 Å². The average Bonchev–Trinajstić information content (AvgIpc) is 2.50. The maximum atomic E-state index is 10.2. The van der Waals surface area contributed by atoms with Crippen LogP contribution in [0.2, 0.25) is 0 Å². The molecule has 0 aromatic carbocycles. The van der Waals surface area contributed by atoms with E-state index >= 15 is 0 Å². The van der Waals surface area contributed by atoms with Gasteiger partial charge in [0.2, 0.25) is 0 Å². The minimum atomic E-state index is -2.92. The van der Waals surface area contributed by atoms with Gasteiger partial charge in [-0.2, -0.15) is 0 Å². The van der Waals surface area contributed by atoms with E-state index in [1.165, 1.54) is 83.5 Å². The van der Waals surface area contributed by atoms with Crippen molar-refractivity contribution < 1.29 is 41.5 Å².